The molecule has 0 spiro atoms. The molecular formula is C17H21NO2. The molecule has 0 radical (unpaired) electrons. The molecule has 1 N–H and O–H groups in total. The van der Waals surface area contributed by atoms with E-state index in [1.165, 1.54) is 11.1 Å². The van der Waals surface area contributed by atoms with Gasteiger partial charge in [0.15, 0.2) is 0 Å². The second-order valence-corrected chi connectivity index (χ2v) is 4.72. The number of rotatable bonds is 5. The fourth-order valence-electron chi connectivity index (χ4n) is 2.34. The molecule has 0 amide bonds. The number of hydrogen-bond donors (Lipinski definition) is 1. The third kappa shape index (κ3) is 2.94. The van der Waals surface area contributed by atoms with E-state index < -0.39 is 0 Å². The molecule has 106 valence electrons. The monoisotopic (exact) mass is 271 g/mol. The first kappa shape index (κ1) is 14.4. The molecule has 0 saturated heterocycles. The molecule has 0 heterocycles. The van der Waals surface area contributed by atoms with Gasteiger partial charge in [-0.2, -0.15) is 0 Å². The SMILES string of the molecule is CNC(c1ccc(OC)cc1)c1ccc(C)c(OC)c1. The van der Waals surface area contributed by atoms with E-state index in [9.17, 15) is 0 Å². The largest absolute Gasteiger partial charge is 0.497 e. The van der Waals surface area contributed by atoms with Gasteiger partial charge in [0.2, 0.25) is 0 Å². The van der Waals surface area contributed by atoms with Gasteiger partial charge >= 0.3 is 0 Å². The maximum absolute atomic E-state index is 5.40. The Kier molecular flexibility index (Phi) is 4.64. The number of methoxy groups -OCH3 is 2. The molecule has 20 heavy (non-hydrogen) atoms. The highest BCUT2D eigenvalue weighted by Crippen LogP contribution is 2.28. The zero-order valence-electron chi connectivity index (χ0n) is 12.4. The van der Waals surface area contributed by atoms with Crippen LogP contribution >= 0.6 is 0 Å². The van der Waals surface area contributed by atoms with Crippen LogP contribution in [0, 0.1) is 6.92 Å². The summed E-state index contributed by atoms with van der Waals surface area (Å²) in [6.07, 6.45) is 0. The Morgan fingerprint density at radius 3 is 2.10 bits per heavy atom. The van der Waals surface area contributed by atoms with Crippen molar-refractivity contribution < 1.29 is 9.47 Å². The number of ether oxygens (including phenoxy) is 2. The Bertz CT molecular complexity index is 564. The highest BCUT2D eigenvalue weighted by molar-refractivity contribution is 5.42. The van der Waals surface area contributed by atoms with E-state index in [2.05, 4.69) is 35.6 Å². The lowest BCUT2D eigenvalue weighted by molar-refractivity contribution is 0.410. The van der Waals surface area contributed by atoms with Gasteiger partial charge in [-0.25, -0.2) is 0 Å². The Labute approximate surface area is 120 Å². The van der Waals surface area contributed by atoms with Crippen LogP contribution in [0.2, 0.25) is 0 Å². The van der Waals surface area contributed by atoms with Crippen molar-refractivity contribution in [3.63, 3.8) is 0 Å². The van der Waals surface area contributed by atoms with Crippen molar-refractivity contribution in [3.8, 4) is 11.5 Å². The number of hydrogen-bond acceptors (Lipinski definition) is 3. The van der Waals surface area contributed by atoms with Crippen LogP contribution in [-0.2, 0) is 0 Å². The normalized spacial score (nSPS) is 12.0. The summed E-state index contributed by atoms with van der Waals surface area (Å²) >= 11 is 0. The van der Waals surface area contributed by atoms with Crippen molar-refractivity contribution in [2.75, 3.05) is 21.3 Å². The summed E-state index contributed by atoms with van der Waals surface area (Å²) in [5.74, 6) is 1.78. The van der Waals surface area contributed by atoms with Gasteiger partial charge in [-0.05, 0) is 48.9 Å². The minimum atomic E-state index is 0.135. The van der Waals surface area contributed by atoms with E-state index in [1.54, 1.807) is 14.2 Å². The van der Waals surface area contributed by atoms with Gasteiger partial charge in [0.25, 0.3) is 0 Å². The maximum atomic E-state index is 5.40. The highest BCUT2D eigenvalue weighted by Gasteiger charge is 2.13. The minimum absolute atomic E-state index is 0.135. The van der Waals surface area contributed by atoms with Crippen LogP contribution in [0.3, 0.4) is 0 Å². The first-order valence-electron chi connectivity index (χ1n) is 6.65. The van der Waals surface area contributed by atoms with Crippen LogP contribution < -0.4 is 14.8 Å². The summed E-state index contributed by atoms with van der Waals surface area (Å²) in [6, 6.07) is 14.5. The highest BCUT2D eigenvalue weighted by atomic mass is 16.5. The van der Waals surface area contributed by atoms with Gasteiger partial charge in [0.05, 0.1) is 20.3 Å². The van der Waals surface area contributed by atoms with Crippen LogP contribution in [0.4, 0.5) is 0 Å². The summed E-state index contributed by atoms with van der Waals surface area (Å²) in [7, 11) is 5.34. The molecule has 0 saturated carbocycles. The molecule has 3 heteroatoms. The van der Waals surface area contributed by atoms with Crippen molar-refractivity contribution in [1.82, 2.24) is 5.32 Å². The van der Waals surface area contributed by atoms with E-state index in [0.717, 1.165) is 17.1 Å². The number of nitrogens with one attached hydrogen (secondary N) is 1. The molecule has 0 bridgehead atoms. The average molecular weight is 271 g/mol. The molecule has 0 aromatic heterocycles. The molecule has 3 nitrogen and oxygen atoms in total. The molecule has 2 aromatic carbocycles. The van der Waals surface area contributed by atoms with Gasteiger partial charge in [0, 0.05) is 0 Å². The van der Waals surface area contributed by atoms with Gasteiger partial charge in [-0.15, -0.1) is 0 Å². The topological polar surface area (TPSA) is 30.5 Å². The van der Waals surface area contributed by atoms with E-state index in [4.69, 9.17) is 9.47 Å². The predicted octanol–water partition coefficient (Wildman–Crippen LogP) is 3.32. The molecule has 1 atom stereocenters. The second-order valence-electron chi connectivity index (χ2n) is 4.72. The van der Waals surface area contributed by atoms with Crippen molar-refractivity contribution >= 4 is 0 Å². The molecular weight excluding hydrogens is 250 g/mol. The first-order valence-corrected chi connectivity index (χ1v) is 6.65. The molecule has 0 fully saturated rings. The molecule has 2 rings (SSSR count). The molecule has 2 aromatic rings. The standard InChI is InChI=1S/C17H21NO2/c1-12-5-6-14(11-16(12)20-4)17(18-2)13-7-9-15(19-3)10-8-13/h5-11,17-18H,1-4H3. The minimum Gasteiger partial charge on any atom is -0.497 e. The van der Waals surface area contributed by atoms with Crippen LogP contribution in [0.1, 0.15) is 22.7 Å². The van der Waals surface area contributed by atoms with E-state index in [-0.39, 0.29) is 6.04 Å². The van der Waals surface area contributed by atoms with Crippen molar-refractivity contribution in [2.24, 2.45) is 0 Å². The second kappa shape index (κ2) is 6.44. The van der Waals surface area contributed by atoms with Gasteiger partial charge in [0.1, 0.15) is 11.5 Å². The van der Waals surface area contributed by atoms with Crippen LogP contribution in [-0.4, -0.2) is 21.3 Å². The molecule has 0 aliphatic heterocycles. The average Bonchev–Trinajstić information content (AvgIpc) is 2.50. The Morgan fingerprint density at radius 2 is 1.55 bits per heavy atom. The van der Waals surface area contributed by atoms with Gasteiger partial charge < -0.3 is 14.8 Å². The predicted molar refractivity (Wildman–Crippen MR) is 81.6 cm³/mol. The summed E-state index contributed by atoms with van der Waals surface area (Å²) in [5.41, 5.74) is 3.51. The zero-order valence-corrected chi connectivity index (χ0v) is 12.4. The molecule has 0 aliphatic carbocycles. The lowest BCUT2D eigenvalue weighted by atomic mass is 9.97. The lowest BCUT2D eigenvalue weighted by Gasteiger charge is -2.19. The third-order valence-electron chi connectivity index (χ3n) is 3.50. The summed E-state index contributed by atoms with van der Waals surface area (Å²) in [4.78, 5) is 0. The van der Waals surface area contributed by atoms with Crippen LogP contribution in [0.25, 0.3) is 0 Å². The first-order chi connectivity index (χ1) is 9.69. The Morgan fingerprint density at radius 1 is 0.900 bits per heavy atom. The number of benzene rings is 2. The van der Waals surface area contributed by atoms with Crippen molar-refractivity contribution in [1.29, 1.82) is 0 Å². The Balaban J connectivity index is 2.35. The summed E-state index contributed by atoms with van der Waals surface area (Å²) in [6.45, 7) is 2.05. The van der Waals surface area contributed by atoms with Gasteiger partial charge in [-0.3, -0.25) is 0 Å². The fraction of sp³-hybridized carbons (Fsp3) is 0.294. The fourth-order valence-corrected chi connectivity index (χ4v) is 2.34. The quantitative estimate of drug-likeness (QED) is 0.905. The number of aryl methyl sites for hydroxylation is 1. The van der Waals surface area contributed by atoms with E-state index >= 15 is 0 Å². The van der Waals surface area contributed by atoms with Crippen LogP contribution in [0.15, 0.2) is 42.5 Å². The molecule has 0 aliphatic rings. The van der Waals surface area contributed by atoms with Crippen molar-refractivity contribution in [3.05, 3.63) is 59.2 Å². The lowest BCUT2D eigenvalue weighted by Crippen LogP contribution is -2.17. The van der Waals surface area contributed by atoms with E-state index in [1.807, 2.05) is 26.1 Å². The smallest absolute Gasteiger partial charge is 0.122 e. The van der Waals surface area contributed by atoms with Gasteiger partial charge in [-0.1, -0.05) is 24.3 Å². The van der Waals surface area contributed by atoms with Crippen molar-refractivity contribution in [2.45, 2.75) is 13.0 Å². The third-order valence-corrected chi connectivity index (χ3v) is 3.50. The van der Waals surface area contributed by atoms with Crippen LogP contribution in [0.5, 0.6) is 11.5 Å². The Hall–Kier alpha value is -2.00. The summed E-state index contributed by atoms with van der Waals surface area (Å²) in [5, 5.41) is 3.35. The van der Waals surface area contributed by atoms with E-state index in [0.29, 0.717) is 0 Å². The summed E-state index contributed by atoms with van der Waals surface area (Å²) < 4.78 is 10.6. The molecule has 1 unspecified atom stereocenters. The zero-order chi connectivity index (χ0) is 14.5. The maximum Gasteiger partial charge on any atom is 0.122 e.